The molecule has 0 aliphatic heterocycles. The average molecular weight is 318 g/mol. The Kier molecular flexibility index (Phi) is 4.77. The minimum Gasteiger partial charge on any atom is -0.303 e. The molecule has 0 unspecified atom stereocenters. The van der Waals surface area contributed by atoms with Gasteiger partial charge in [-0.2, -0.15) is 0 Å². The number of Topliss-reactive ketones (excluding diaryl/α,β-unsaturated/α-hetero) is 1. The van der Waals surface area contributed by atoms with Crippen molar-refractivity contribution in [1.82, 2.24) is 9.55 Å². The maximum atomic E-state index is 12.9. The van der Waals surface area contributed by atoms with E-state index in [9.17, 15) is 9.18 Å². The molecule has 24 heavy (non-hydrogen) atoms. The summed E-state index contributed by atoms with van der Waals surface area (Å²) in [5, 5.41) is 0. The maximum absolute atomic E-state index is 12.9. The molecule has 3 aromatic rings. The third kappa shape index (κ3) is 3.73. The Morgan fingerprint density at radius 2 is 1.79 bits per heavy atom. The molecule has 1 heterocycles. The van der Waals surface area contributed by atoms with Crippen LogP contribution in [-0.2, 0) is 0 Å². The third-order valence-electron chi connectivity index (χ3n) is 3.46. The van der Waals surface area contributed by atoms with Crippen molar-refractivity contribution in [3.8, 4) is 0 Å². The molecule has 0 fully saturated rings. The molecule has 3 nitrogen and oxygen atoms in total. The number of hydrogen-bond acceptors (Lipinski definition) is 2. The van der Waals surface area contributed by atoms with E-state index in [1.54, 1.807) is 59.7 Å². The summed E-state index contributed by atoms with van der Waals surface area (Å²) < 4.78 is 14.6. The van der Waals surface area contributed by atoms with Gasteiger partial charge in [-0.3, -0.25) is 4.79 Å². The van der Waals surface area contributed by atoms with Gasteiger partial charge in [0.15, 0.2) is 0 Å². The molecular weight excluding hydrogens is 303 g/mol. The Bertz CT molecular complexity index is 864. The summed E-state index contributed by atoms with van der Waals surface area (Å²) in [6.45, 7) is 0. The van der Waals surface area contributed by atoms with Crippen LogP contribution in [0, 0.1) is 5.82 Å². The fourth-order valence-electron chi connectivity index (χ4n) is 2.24. The Morgan fingerprint density at radius 3 is 2.46 bits per heavy atom. The van der Waals surface area contributed by atoms with Crippen molar-refractivity contribution in [3.05, 3.63) is 102 Å². The minimum absolute atomic E-state index is 0.0997. The van der Waals surface area contributed by atoms with E-state index < -0.39 is 0 Å². The fourth-order valence-corrected chi connectivity index (χ4v) is 2.24. The van der Waals surface area contributed by atoms with E-state index in [0.29, 0.717) is 11.3 Å². The molecule has 0 aliphatic carbocycles. The molecule has 1 aromatic heterocycles. The molecule has 2 aromatic carbocycles. The Hall–Kier alpha value is -3.27. The first-order chi connectivity index (χ1) is 11.7. The monoisotopic (exact) mass is 318 g/mol. The van der Waals surface area contributed by atoms with Crippen molar-refractivity contribution in [2.45, 2.75) is 0 Å². The van der Waals surface area contributed by atoms with Crippen LogP contribution in [0.25, 0.3) is 11.8 Å². The van der Waals surface area contributed by atoms with Crippen LogP contribution in [0.3, 0.4) is 0 Å². The number of benzene rings is 2. The van der Waals surface area contributed by atoms with E-state index in [2.05, 4.69) is 4.98 Å². The van der Waals surface area contributed by atoms with Crippen LogP contribution in [0.2, 0.25) is 0 Å². The van der Waals surface area contributed by atoms with Gasteiger partial charge in [0.25, 0.3) is 0 Å². The van der Waals surface area contributed by atoms with E-state index in [4.69, 9.17) is 0 Å². The quantitative estimate of drug-likeness (QED) is 0.395. The zero-order chi connectivity index (χ0) is 16.8. The van der Waals surface area contributed by atoms with Crippen molar-refractivity contribution in [1.29, 1.82) is 0 Å². The number of rotatable bonds is 5. The summed E-state index contributed by atoms with van der Waals surface area (Å²) in [6.07, 6.45) is 10.2. The molecule has 0 atom stereocenters. The van der Waals surface area contributed by atoms with Gasteiger partial charge in [0, 0.05) is 18.0 Å². The molecular formula is C20H15FN2O. The molecule has 3 rings (SSSR count). The molecule has 0 spiro atoms. The summed E-state index contributed by atoms with van der Waals surface area (Å²) >= 11 is 0. The first-order valence-corrected chi connectivity index (χ1v) is 7.46. The number of carbonyl (C=O) groups is 1. The lowest BCUT2D eigenvalue weighted by Gasteiger charge is -2.06. The van der Waals surface area contributed by atoms with E-state index in [-0.39, 0.29) is 11.6 Å². The topological polar surface area (TPSA) is 34.9 Å². The molecule has 0 saturated carbocycles. The normalized spacial score (nSPS) is 11.8. The molecule has 0 amide bonds. The van der Waals surface area contributed by atoms with Gasteiger partial charge in [0.1, 0.15) is 5.82 Å². The SMILES string of the molecule is O=C(/C(=C/C=C/c1ccc(F)cc1)n1ccnc1)c1ccccc1. The fraction of sp³-hybridized carbons (Fsp3) is 0. The molecule has 4 heteroatoms. The lowest BCUT2D eigenvalue weighted by atomic mass is 10.1. The minimum atomic E-state index is -0.277. The van der Waals surface area contributed by atoms with Crippen molar-refractivity contribution in [2.24, 2.45) is 0 Å². The lowest BCUT2D eigenvalue weighted by molar-refractivity contribution is 0.105. The van der Waals surface area contributed by atoms with Crippen molar-refractivity contribution in [3.63, 3.8) is 0 Å². The van der Waals surface area contributed by atoms with E-state index in [0.717, 1.165) is 5.56 Å². The lowest BCUT2D eigenvalue weighted by Crippen LogP contribution is -2.07. The van der Waals surface area contributed by atoms with Gasteiger partial charge >= 0.3 is 0 Å². The van der Waals surface area contributed by atoms with Gasteiger partial charge in [0.2, 0.25) is 5.78 Å². The smallest absolute Gasteiger partial charge is 0.209 e. The zero-order valence-electron chi connectivity index (χ0n) is 12.8. The number of imidazole rings is 1. The van der Waals surface area contributed by atoms with Gasteiger partial charge in [-0.25, -0.2) is 9.37 Å². The second kappa shape index (κ2) is 7.33. The number of aromatic nitrogens is 2. The van der Waals surface area contributed by atoms with Gasteiger partial charge in [-0.05, 0) is 23.8 Å². The average Bonchev–Trinajstić information content (AvgIpc) is 3.15. The van der Waals surface area contributed by atoms with Crippen LogP contribution in [0.4, 0.5) is 4.39 Å². The maximum Gasteiger partial charge on any atom is 0.209 e. The van der Waals surface area contributed by atoms with E-state index >= 15 is 0 Å². The van der Waals surface area contributed by atoms with Gasteiger partial charge < -0.3 is 4.57 Å². The molecule has 0 N–H and O–H groups in total. The molecule has 0 radical (unpaired) electrons. The first-order valence-electron chi connectivity index (χ1n) is 7.46. The van der Waals surface area contributed by atoms with Crippen LogP contribution < -0.4 is 0 Å². The number of nitrogens with zero attached hydrogens (tertiary/aromatic N) is 2. The predicted octanol–water partition coefficient (Wildman–Crippen LogP) is 4.46. The molecule has 118 valence electrons. The van der Waals surface area contributed by atoms with Gasteiger partial charge in [-0.15, -0.1) is 0 Å². The largest absolute Gasteiger partial charge is 0.303 e. The summed E-state index contributed by atoms with van der Waals surface area (Å²) in [5.74, 6) is -0.376. The van der Waals surface area contributed by atoms with Crippen LogP contribution >= 0.6 is 0 Å². The van der Waals surface area contributed by atoms with Crippen LogP contribution in [0.5, 0.6) is 0 Å². The molecule has 0 aliphatic rings. The second-order valence-corrected chi connectivity index (χ2v) is 5.13. The van der Waals surface area contributed by atoms with Crippen LogP contribution in [0.15, 0.2) is 85.5 Å². The number of carbonyl (C=O) groups excluding carboxylic acids is 1. The van der Waals surface area contributed by atoms with Crippen molar-refractivity contribution in [2.75, 3.05) is 0 Å². The molecule has 0 bridgehead atoms. The Labute approximate surface area is 139 Å². The van der Waals surface area contributed by atoms with Gasteiger partial charge in [-0.1, -0.05) is 54.6 Å². The van der Waals surface area contributed by atoms with Crippen LogP contribution in [-0.4, -0.2) is 15.3 Å². The van der Waals surface area contributed by atoms with E-state index in [1.807, 2.05) is 24.3 Å². The number of allylic oxidation sites excluding steroid dienone is 3. The summed E-state index contributed by atoms with van der Waals surface area (Å²) in [6, 6.07) is 15.2. The highest BCUT2D eigenvalue weighted by atomic mass is 19.1. The molecule has 0 saturated heterocycles. The van der Waals surface area contributed by atoms with Crippen LogP contribution in [0.1, 0.15) is 15.9 Å². The zero-order valence-corrected chi connectivity index (χ0v) is 12.8. The van der Waals surface area contributed by atoms with Gasteiger partial charge in [0.05, 0.1) is 12.0 Å². The highest BCUT2D eigenvalue weighted by Crippen LogP contribution is 2.14. The van der Waals surface area contributed by atoms with E-state index in [1.165, 1.54) is 12.1 Å². The number of halogens is 1. The third-order valence-corrected chi connectivity index (χ3v) is 3.46. The second-order valence-electron chi connectivity index (χ2n) is 5.13. The summed E-state index contributed by atoms with van der Waals surface area (Å²) in [4.78, 5) is 16.7. The van der Waals surface area contributed by atoms with Crippen molar-refractivity contribution >= 4 is 17.6 Å². The Balaban J connectivity index is 1.90. The first kappa shape index (κ1) is 15.6. The summed E-state index contributed by atoms with van der Waals surface area (Å²) in [7, 11) is 0. The predicted molar refractivity (Wildman–Crippen MR) is 92.7 cm³/mol. The number of hydrogen-bond donors (Lipinski definition) is 0. The summed E-state index contributed by atoms with van der Waals surface area (Å²) in [5.41, 5.74) is 1.94. The standard InChI is InChI=1S/C20H15FN2O/c21-18-11-9-16(10-12-18)5-4-8-19(23-14-13-22-15-23)20(24)17-6-2-1-3-7-17/h1-15H/b5-4+,19-8-. The highest BCUT2D eigenvalue weighted by Gasteiger charge is 2.12. The highest BCUT2D eigenvalue weighted by molar-refractivity contribution is 6.24. The Morgan fingerprint density at radius 1 is 1.04 bits per heavy atom. The number of ketones is 1. The van der Waals surface area contributed by atoms with Crippen molar-refractivity contribution < 1.29 is 9.18 Å².